The normalized spacial score (nSPS) is 9.57. The van der Waals surface area contributed by atoms with Crippen LogP contribution in [0.5, 0.6) is 0 Å². The zero-order valence-corrected chi connectivity index (χ0v) is 12.2. The summed E-state index contributed by atoms with van der Waals surface area (Å²) in [7, 11) is 0. The van der Waals surface area contributed by atoms with Gasteiger partial charge in [0.2, 0.25) is 5.91 Å². The van der Waals surface area contributed by atoms with Gasteiger partial charge in [0, 0.05) is 12.0 Å². The Bertz CT molecular complexity index is 650. The predicted octanol–water partition coefficient (Wildman–Crippen LogP) is 3.10. The highest BCUT2D eigenvalue weighted by Gasteiger charge is 2.00. The first kappa shape index (κ1) is 14.9. The van der Waals surface area contributed by atoms with Crippen LogP contribution in [0, 0.1) is 18.8 Å². The minimum Gasteiger partial charge on any atom is -0.345 e. The lowest BCUT2D eigenvalue weighted by Crippen LogP contribution is -2.23. The molecule has 0 fully saturated rings. The molecule has 1 amide bonds. The molecule has 0 spiro atoms. The number of rotatable bonds is 4. The number of carbonyl (C=O) groups is 1. The van der Waals surface area contributed by atoms with Crippen LogP contribution in [0.4, 0.5) is 0 Å². The van der Waals surface area contributed by atoms with Crippen LogP contribution >= 0.6 is 0 Å². The molecule has 0 bridgehead atoms. The molecule has 0 aliphatic carbocycles. The molecule has 0 unspecified atom stereocenters. The Balaban J connectivity index is 1.72. The van der Waals surface area contributed by atoms with Crippen molar-refractivity contribution >= 4 is 5.91 Å². The Kier molecular flexibility index (Phi) is 5.60. The van der Waals surface area contributed by atoms with Crippen molar-refractivity contribution in [1.29, 1.82) is 0 Å². The van der Waals surface area contributed by atoms with E-state index >= 15 is 0 Å². The van der Waals surface area contributed by atoms with Crippen molar-refractivity contribution in [2.75, 3.05) is 6.54 Å². The largest absolute Gasteiger partial charge is 0.345 e. The van der Waals surface area contributed by atoms with Crippen LogP contribution in [0.1, 0.15) is 23.1 Å². The van der Waals surface area contributed by atoms with E-state index in [1.807, 2.05) is 36.4 Å². The molecule has 0 radical (unpaired) electrons. The van der Waals surface area contributed by atoms with E-state index in [2.05, 4.69) is 42.3 Å². The first-order chi connectivity index (χ1) is 10.2. The topological polar surface area (TPSA) is 29.1 Å². The summed E-state index contributed by atoms with van der Waals surface area (Å²) in [5, 5.41) is 2.83. The monoisotopic (exact) mass is 277 g/mol. The minimum absolute atomic E-state index is 0.0406. The summed E-state index contributed by atoms with van der Waals surface area (Å²) in [5.74, 6) is 6.02. The van der Waals surface area contributed by atoms with Gasteiger partial charge in [-0.05, 0) is 31.0 Å². The summed E-state index contributed by atoms with van der Waals surface area (Å²) in [6.07, 6.45) is 1.26. The van der Waals surface area contributed by atoms with Crippen molar-refractivity contribution < 1.29 is 4.79 Å². The molecule has 0 aliphatic heterocycles. The SMILES string of the molecule is Cc1cccc(CCC(=O)NCC#Cc2ccccc2)c1. The minimum atomic E-state index is 0.0406. The number of amides is 1. The van der Waals surface area contributed by atoms with Gasteiger partial charge in [0.15, 0.2) is 0 Å². The van der Waals surface area contributed by atoms with Gasteiger partial charge in [-0.25, -0.2) is 0 Å². The number of hydrogen-bond donors (Lipinski definition) is 1. The third-order valence-corrected chi connectivity index (χ3v) is 3.10. The van der Waals surface area contributed by atoms with Crippen molar-refractivity contribution in [2.45, 2.75) is 19.8 Å². The van der Waals surface area contributed by atoms with E-state index in [-0.39, 0.29) is 5.91 Å². The lowest BCUT2D eigenvalue weighted by atomic mass is 10.1. The van der Waals surface area contributed by atoms with Crippen LogP contribution in [-0.4, -0.2) is 12.5 Å². The third kappa shape index (κ3) is 5.54. The smallest absolute Gasteiger partial charge is 0.221 e. The Morgan fingerprint density at radius 1 is 1.10 bits per heavy atom. The highest BCUT2D eigenvalue weighted by molar-refractivity contribution is 5.76. The molecule has 106 valence electrons. The molecular formula is C19H19NO. The molecule has 2 aromatic carbocycles. The highest BCUT2D eigenvalue weighted by atomic mass is 16.1. The summed E-state index contributed by atoms with van der Waals surface area (Å²) in [6.45, 7) is 2.45. The lowest BCUT2D eigenvalue weighted by molar-refractivity contribution is -0.120. The quantitative estimate of drug-likeness (QED) is 0.855. The van der Waals surface area contributed by atoms with E-state index in [0.29, 0.717) is 13.0 Å². The van der Waals surface area contributed by atoms with Crippen LogP contribution in [0.15, 0.2) is 54.6 Å². The second-order valence-corrected chi connectivity index (χ2v) is 4.93. The number of benzene rings is 2. The van der Waals surface area contributed by atoms with Crippen molar-refractivity contribution in [3.05, 3.63) is 71.3 Å². The van der Waals surface area contributed by atoms with Crippen LogP contribution in [0.2, 0.25) is 0 Å². The molecule has 2 aromatic rings. The fraction of sp³-hybridized carbons (Fsp3) is 0.211. The summed E-state index contributed by atoms with van der Waals surface area (Å²) in [5.41, 5.74) is 3.38. The molecule has 2 heteroatoms. The number of carbonyl (C=O) groups excluding carboxylic acids is 1. The van der Waals surface area contributed by atoms with Gasteiger partial charge in [-0.15, -0.1) is 0 Å². The van der Waals surface area contributed by atoms with Gasteiger partial charge in [0.05, 0.1) is 6.54 Å². The zero-order valence-electron chi connectivity index (χ0n) is 12.2. The van der Waals surface area contributed by atoms with Crippen molar-refractivity contribution in [3.8, 4) is 11.8 Å². The molecule has 0 saturated carbocycles. The van der Waals surface area contributed by atoms with E-state index in [1.54, 1.807) is 0 Å². The summed E-state index contributed by atoms with van der Waals surface area (Å²) >= 11 is 0. The van der Waals surface area contributed by atoms with Gasteiger partial charge in [0.1, 0.15) is 0 Å². The average molecular weight is 277 g/mol. The molecule has 2 nitrogen and oxygen atoms in total. The maximum absolute atomic E-state index is 11.7. The van der Waals surface area contributed by atoms with E-state index in [0.717, 1.165) is 12.0 Å². The molecule has 21 heavy (non-hydrogen) atoms. The van der Waals surface area contributed by atoms with Gasteiger partial charge in [-0.2, -0.15) is 0 Å². The van der Waals surface area contributed by atoms with Crippen molar-refractivity contribution in [3.63, 3.8) is 0 Å². The zero-order chi connectivity index (χ0) is 14.9. The van der Waals surface area contributed by atoms with Crippen molar-refractivity contribution in [1.82, 2.24) is 5.32 Å². The second kappa shape index (κ2) is 7.91. The Morgan fingerprint density at radius 2 is 1.90 bits per heavy atom. The molecule has 0 heterocycles. The fourth-order valence-electron chi connectivity index (χ4n) is 2.02. The van der Waals surface area contributed by atoms with Crippen LogP contribution in [0.25, 0.3) is 0 Å². The highest BCUT2D eigenvalue weighted by Crippen LogP contribution is 2.06. The summed E-state index contributed by atoms with van der Waals surface area (Å²) < 4.78 is 0. The molecule has 1 N–H and O–H groups in total. The Labute approximate surface area is 126 Å². The van der Waals surface area contributed by atoms with E-state index < -0.39 is 0 Å². The molecule has 0 atom stereocenters. The standard InChI is InChI=1S/C19H19NO/c1-16-7-5-10-18(15-16)12-13-19(21)20-14-6-11-17-8-3-2-4-9-17/h2-5,7-10,15H,12-14H2,1H3,(H,20,21). The number of hydrogen-bond acceptors (Lipinski definition) is 1. The molecule has 0 aromatic heterocycles. The average Bonchev–Trinajstić information content (AvgIpc) is 2.51. The Hall–Kier alpha value is -2.53. The molecule has 0 aliphatic rings. The first-order valence-electron chi connectivity index (χ1n) is 7.10. The van der Waals surface area contributed by atoms with Crippen LogP contribution in [0.3, 0.4) is 0 Å². The second-order valence-electron chi connectivity index (χ2n) is 4.93. The summed E-state index contributed by atoms with van der Waals surface area (Å²) in [6, 6.07) is 18.0. The maximum Gasteiger partial charge on any atom is 0.221 e. The summed E-state index contributed by atoms with van der Waals surface area (Å²) in [4.78, 5) is 11.7. The number of nitrogens with one attached hydrogen (secondary N) is 1. The molecular weight excluding hydrogens is 258 g/mol. The number of aryl methyl sites for hydroxylation is 2. The third-order valence-electron chi connectivity index (χ3n) is 3.10. The van der Waals surface area contributed by atoms with E-state index in [9.17, 15) is 4.79 Å². The van der Waals surface area contributed by atoms with E-state index in [1.165, 1.54) is 11.1 Å². The van der Waals surface area contributed by atoms with Gasteiger partial charge in [-0.1, -0.05) is 59.9 Å². The molecule has 0 saturated heterocycles. The first-order valence-corrected chi connectivity index (χ1v) is 7.10. The van der Waals surface area contributed by atoms with Gasteiger partial charge in [0.25, 0.3) is 0 Å². The predicted molar refractivity (Wildman–Crippen MR) is 85.8 cm³/mol. The van der Waals surface area contributed by atoms with Gasteiger partial charge in [-0.3, -0.25) is 4.79 Å². The maximum atomic E-state index is 11.7. The Morgan fingerprint density at radius 3 is 2.67 bits per heavy atom. The fourth-order valence-corrected chi connectivity index (χ4v) is 2.02. The van der Waals surface area contributed by atoms with Gasteiger partial charge < -0.3 is 5.32 Å². The van der Waals surface area contributed by atoms with Crippen LogP contribution in [-0.2, 0) is 11.2 Å². The van der Waals surface area contributed by atoms with Crippen LogP contribution < -0.4 is 5.32 Å². The molecule has 2 rings (SSSR count). The van der Waals surface area contributed by atoms with Crippen molar-refractivity contribution in [2.24, 2.45) is 0 Å². The lowest BCUT2D eigenvalue weighted by Gasteiger charge is -2.03. The van der Waals surface area contributed by atoms with Gasteiger partial charge >= 0.3 is 0 Å². The van der Waals surface area contributed by atoms with E-state index in [4.69, 9.17) is 0 Å².